The number of carbonyl (C=O) groups is 1. The van der Waals surface area contributed by atoms with Gasteiger partial charge in [-0.25, -0.2) is 4.98 Å². The van der Waals surface area contributed by atoms with Gasteiger partial charge < -0.3 is 10.1 Å². The fourth-order valence-electron chi connectivity index (χ4n) is 1.35. The Morgan fingerprint density at radius 2 is 2.41 bits per heavy atom. The lowest BCUT2D eigenvalue weighted by atomic mass is 10.3. The van der Waals surface area contributed by atoms with E-state index in [2.05, 4.69) is 31.0 Å². The summed E-state index contributed by atoms with van der Waals surface area (Å²) in [5, 5.41) is 3.93. The fraction of sp³-hybridized carbons (Fsp3) is 0.273. The van der Waals surface area contributed by atoms with Crippen LogP contribution in [-0.2, 0) is 9.53 Å². The van der Waals surface area contributed by atoms with E-state index in [0.29, 0.717) is 13.0 Å². The van der Waals surface area contributed by atoms with E-state index in [-0.39, 0.29) is 5.97 Å². The standard InChI is InChI=1S/C11H11BrN2O2S/c1-16-10(15)4-5-13-11-14-8-6-7(12)2-3-9(8)17-11/h2-3,6H,4-5H2,1H3,(H,13,14). The molecular formula is C11H11BrN2O2S. The average Bonchev–Trinajstić information content (AvgIpc) is 2.70. The number of hydrogen-bond donors (Lipinski definition) is 1. The van der Waals surface area contributed by atoms with Crippen molar-refractivity contribution in [2.45, 2.75) is 6.42 Å². The summed E-state index contributed by atoms with van der Waals surface area (Å²) in [4.78, 5) is 15.4. The Balaban J connectivity index is 2.02. The van der Waals surface area contributed by atoms with Crippen LogP contribution >= 0.6 is 27.3 Å². The number of benzene rings is 1. The van der Waals surface area contributed by atoms with Gasteiger partial charge in [0.15, 0.2) is 5.13 Å². The molecule has 0 bridgehead atoms. The molecule has 0 fully saturated rings. The number of nitrogens with one attached hydrogen (secondary N) is 1. The molecule has 0 aliphatic heterocycles. The molecular weight excluding hydrogens is 304 g/mol. The van der Waals surface area contributed by atoms with Crippen molar-refractivity contribution in [2.24, 2.45) is 0 Å². The van der Waals surface area contributed by atoms with Crippen LogP contribution in [0.3, 0.4) is 0 Å². The quantitative estimate of drug-likeness (QED) is 0.881. The van der Waals surface area contributed by atoms with Crippen molar-refractivity contribution < 1.29 is 9.53 Å². The van der Waals surface area contributed by atoms with Crippen LogP contribution in [0.5, 0.6) is 0 Å². The van der Waals surface area contributed by atoms with Crippen molar-refractivity contribution in [3.05, 3.63) is 22.7 Å². The van der Waals surface area contributed by atoms with Crippen molar-refractivity contribution >= 4 is 48.6 Å². The van der Waals surface area contributed by atoms with E-state index in [9.17, 15) is 4.79 Å². The van der Waals surface area contributed by atoms with Crippen LogP contribution in [0.25, 0.3) is 10.2 Å². The highest BCUT2D eigenvalue weighted by atomic mass is 79.9. The average molecular weight is 315 g/mol. The molecule has 0 saturated heterocycles. The zero-order valence-corrected chi connectivity index (χ0v) is 11.6. The van der Waals surface area contributed by atoms with Crippen LogP contribution in [0.2, 0.25) is 0 Å². The number of aromatic nitrogens is 1. The van der Waals surface area contributed by atoms with Crippen LogP contribution in [0.1, 0.15) is 6.42 Å². The number of ether oxygens (including phenoxy) is 1. The monoisotopic (exact) mass is 314 g/mol. The van der Waals surface area contributed by atoms with Crippen molar-refractivity contribution in [3.63, 3.8) is 0 Å². The third-order valence-electron chi connectivity index (χ3n) is 2.18. The number of methoxy groups -OCH3 is 1. The Labute approximate surface area is 111 Å². The summed E-state index contributed by atoms with van der Waals surface area (Å²) in [5.74, 6) is -0.221. The number of nitrogens with zero attached hydrogens (tertiary/aromatic N) is 1. The first kappa shape index (κ1) is 12.3. The number of esters is 1. The Bertz CT molecular complexity index is 541. The molecule has 0 aliphatic rings. The number of anilines is 1. The summed E-state index contributed by atoms with van der Waals surface area (Å²) < 4.78 is 6.69. The van der Waals surface area contributed by atoms with E-state index < -0.39 is 0 Å². The van der Waals surface area contributed by atoms with Gasteiger partial charge in [-0.3, -0.25) is 4.79 Å². The molecule has 0 spiro atoms. The Hall–Kier alpha value is -1.14. The van der Waals surface area contributed by atoms with Crippen LogP contribution in [0.4, 0.5) is 5.13 Å². The van der Waals surface area contributed by atoms with Gasteiger partial charge in [0.05, 0.1) is 23.7 Å². The van der Waals surface area contributed by atoms with Gasteiger partial charge in [-0.15, -0.1) is 0 Å². The van der Waals surface area contributed by atoms with Gasteiger partial charge in [-0.05, 0) is 18.2 Å². The zero-order chi connectivity index (χ0) is 12.3. The predicted octanol–water partition coefficient (Wildman–Crippen LogP) is 3.03. The van der Waals surface area contributed by atoms with Crippen LogP contribution in [0, 0.1) is 0 Å². The van der Waals surface area contributed by atoms with Crippen molar-refractivity contribution in [3.8, 4) is 0 Å². The van der Waals surface area contributed by atoms with E-state index >= 15 is 0 Å². The second-order valence-electron chi connectivity index (χ2n) is 3.38. The van der Waals surface area contributed by atoms with Gasteiger partial charge >= 0.3 is 5.97 Å². The number of rotatable bonds is 4. The topological polar surface area (TPSA) is 51.2 Å². The minimum Gasteiger partial charge on any atom is -0.469 e. The van der Waals surface area contributed by atoms with Crippen LogP contribution in [0.15, 0.2) is 22.7 Å². The molecule has 6 heteroatoms. The Kier molecular flexibility index (Phi) is 3.96. The first-order valence-electron chi connectivity index (χ1n) is 5.06. The largest absolute Gasteiger partial charge is 0.469 e. The molecule has 2 aromatic rings. The molecule has 4 nitrogen and oxygen atoms in total. The summed E-state index contributed by atoms with van der Waals surface area (Å²) in [6.07, 6.45) is 0.343. The first-order chi connectivity index (χ1) is 8.19. The molecule has 0 amide bonds. The van der Waals surface area contributed by atoms with E-state index in [1.165, 1.54) is 7.11 Å². The molecule has 1 aromatic heterocycles. The normalized spacial score (nSPS) is 10.5. The lowest BCUT2D eigenvalue weighted by molar-refractivity contribution is -0.140. The van der Waals surface area contributed by atoms with Crippen molar-refractivity contribution in [1.29, 1.82) is 0 Å². The van der Waals surface area contributed by atoms with Gasteiger partial charge in [0, 0.05) is 11.0 Å². The third-order valence-corrected chi connectivity index (χ3v) is 3.67. The SMILES string of the molecule is COC(=O)CCNc1nc2cc(Br)ccc2s1. The number of thiazole rings is 1. The molecule has 0 saturated carbocycles. The second kappa shape index (κ2) is 5.46. The minimum atomic E-state index is -0.221. The van der Waals surface area contributed by atoms with Gasteiger partial charge in [-0.2, -0.15) is 0 Å². The molecule has 17 heavy (non-hydrogen) atoms. The number of hydrogen-bond acceptors (Lipinski definition) is 5. The van der Waals surface area contributed by atoms with Crippen molar-refractivity contribution in [2.75, 3.05) is 19.0 Å². The molecule has 0 radical (unpaired) electrons. The Morgan fingerprint density at radius 1 is 1.59 bits per heavy atom. The molecule has 1 N–H and O–H groups in total. The van der Waals surface area contributed by atoms with Gasteiger partial charge in [0.1, 0.15) is 0 Å². The number of carbonyl (C=O) groups excluding carboxylic acids is 1. The zero-order valence-electron chi connectivity index (χ0n) is 9.20. The van der Waals surface area contributed by atoms with Crippen LogP contribution < -0.4 is 5.32 Å². The molecule has 1 aromatic carbocycles. The lowest BCUT2D eigenvalue weighted by Crippen LogP contribution is -2.09. The summed E-state index contributed by atoms with van der Waals surface area (Å²) in [7, 11) is 1.39. The molecule has 0 aliphatic carbocycles. The van der Waals surface area contributed by atoms with E-state index in [4.69, 9.17) is 0 Å². The van der Waals surface area contributed by atoms with Gasteiger partial charge in [-0.1, -0.05) is 27.3 Å². The van der Waals surface area contributed by atoms with E-state index in [0.717, 1.165) is 19.8 Å². The maximum absolute atomic E-state index is 10.9. The third kappa shape index (κ3) is 3.17. The lowest BCUT2D eigenvalue weighted by Gasteiger charge is -2.00. The highest BCUT2D eigenvalue weighted by molar-refractivity contribution is 9.10. The molecule has 0 atom stereocenters. The number of fused-ring (bicyclic) bond motifs is 1. The highest BCUT2D eigenvalue weighted by Crippen LogP contribution is 2.27. The smallest absolute Gasteiger partial charge is 0.307 e. The molecule has 90 valence electrons. The highest BCUT2D eigenvalue weighted by Gasteiger charge is 2.05. The molecule has 1 heterocycles. The fourth-order valence-corrected chi connectivity index (χ4v) is 2.57. The maximum Gasteiger partial charge on any atom is 0.307 e. The molecule has 2 rings (SSSR count). The van der Waals surface area contributed by atoms with Gasteiger partial charge in [0.25, 0.3) is 0 Å². The molecule has 0 unspecified atom stereocenters. The first-order valence-corrected chi connectivity index (χ1v) is 6.67. The number of halogens is 1. The van der Waals surface area contributed by atoms with Crippen LogP contribution in [-0.4, -0.2) is 24.6 Å². The van der Waals surface area contributed by atoms with Crippen molar-refractivity contribution in [1.82, 2.24) is 4.98 Å². The van der Waals surface area contributed by atoms with E-state index in [1.807, 2.05) is 18.2 Å². The summed E-state index contributed by atoms with van der Waals surface area (Å²) in [6.45, 7) is 0.535. The maximum atomic E-state index is 10.9. The summed E-state index contributed by atoms with van der Waals surface area (Å²) >= 11 is 4.98. The Morgan fingerprint density at radius 3 is 3.18 bits per heavy atom. The summed E-state index contributed by atoms with van der Waals surface area (Å²) in [5.41, 5.74) is 0.949. The predicted molar refractivity (Wildman–Crippen MR) is 72.4 cm³/mol. The summed E-state index contributed by atoms with van der Waals surface area (Å²) in [6, 6.07) is 5.97. The van der Waals surface area contributed by atoms with Gasteiger partial charge in [0.2, 0.25) is 0 Å². The second-order valence-corrected chi connectivity index (χ2v) is 5.33. The van der Waals surface area contributed by atoms with E-state index in [1.54, 1.807) is 11.3 Å². The minimum absolute atomic E-state index is 0.221.